The first-order valence-corrected chi connectivity index (χ1v) is 10.6. The minimum atomic E-state index is -3.20. The van der Waals surface area contributed by atoms with Gasteiger partial charge in [-0.15, -0.1) is 0 Å². The molecule has 2 saturated heterocycles. The normalized spacial score (nSPS) is 23.0. The third kappa shape index (κ3) is 4.67. The van der Waals surface area contributed by atoms with Crippen LogP contribution in [0.1, 0.15) is 25.7 Å². The molecule has 1 amide bonds. The largest absolute Gasteiger partial charge is 0.458 e. The number of aromatic nitrogens is 2. The Morgan fingerprint density at radius 3 is 2.46 bits per heavy atom. The van der Waals surface area contributed by atoms with Crippen molar-refractivity contribution in [3.63, 3.8) is 0 Å². The Balaban J connectivity index is 1.54. The number of nitrogens with zero attached hydrogens (tertiary/aromatic N) is 4. The summed E-state index contributed by atoms with van der Waals surface area (Å²) in [5.74, 6) is -0.640. The molecule has 0 spiro atoms. The van der Waals surface area contributed by atoms with Gasteiger partial charge in [-0.2, -0.15) is 0 Å². The zero-order chi connectivity index (χ0) is 18.7. The minimum absolute atomic E-state index is 0.0477. The van der Waals surface area contributed by atoms with Crippen molar-refractivity contribution in [2.24, 2.45) is 5.92 Å². The lowest BCUT2D eigenvalue weighted by Gasteiger charge is -2.37. The highest BCUT2D eigenvalue weighted by Crippen LogP contribution is 2.24. The monoisotopic (exact) mass is 386 g/mol. The Morgan fingerprint density at radius 2 is 1.85 bits per heavy atom. The van der Waals surface area contributed by atoms with Crippen LogP contribution in [0.4, 0.5) is 4.39 Å². The molecule has 0 aliphatic carbocycles. The van der Waals surface area contributed by atoms with Gasteiger partial charge in [0.1, 0.15) is 6.10 Å². The fourth-order valence-electron chi connectivity index (χ4n) is 3.44. The summed E-state index contributed by atoms with van der Waals surface area (Å²) in [4.78, 5) is 22.1. The van der Waals surface area contributed by atoms with Crippen LogP contribution in [0.5, 0.6) is 6.01 Å². The molecule has 1 atom stereocenters. The summed E-state index contributed by atoms with van der Waals surface area (Å²) < 4.78 is 43.1. The molecule has 10 heteroatoms. The summed E-state index contributed by atoms with van der Waals surface area (Å²) in [6.45, 7) is 1.86. The number of piperidine rings is 2. The van der Waals surface area contributed by atoms with Crippen molar-refractivity contribution >= 4 is 15.9 Å². The SMILES string of the molecule is CS(=O)(=O)N1CCC(C(=O)N2CCC[C@H](Oc3ncc(F)cn3)C2)CC1. The molecule has 0 bridgehead atoms. The smallest absolute Gasteiger partial charge is 0.316 e. The zero-order valence-electron chi connectivity index (χ0n) is 14.7. The number of ether oxygens (including phenoxy) is 1. The van der Waals surface area contributed by atoms with Crippen LogP contribution in [-0.4, -0.2) is 72.0 Å². The van der Waals surface area contributed by atoms with Crippen molar-refractivity contribution < 1.29 is 22.3 Å². The zero-order valence-corrected chi connectivity index (χ0v) is 15.5. The molecule has 0 saturated carbocycles. The van der Waals surface area contributed by atoms with Gasteiger partial charge in [0.25, 0.3) is 0 Å². The number of hydrogen-bond acceptors (Lipinski definition) is 6. The molecule has 3 rings (SSSR count). The summed E-state index contributed by atoms with van der Waals surface area (Å²) in [5.41, 5.74) is 0. The Kier molecular flexibility index (Phi) is 5.71. The molecular weight excluding hydrogens is 363 g/mol. The van der Waals surface area contributed by atoms with Crippen LogP contribution in [0.25, 0.3) is 0 Å². The van der Waals surface area contributed by atoms with Crippen molar-refractivity contribution in [2.75, 3.05) is 32.4 Å². The van der Waals surface area contributed by atoms with Crippen LogP contribution in [0.3, 0.4) is 0 Å². The lowest BCUT2D eigenvalue weighted by molar-refractivity contribution is -0.139. The summed E-state index contributed by atoms with van der Waals surface area (Å²) >= 11 is 0. The summed E-state index contributed by atoms with van der Waals surface area (Å²) in [6, 6.07) is 0.104. The highest BCUT2D eigenvalue weighted by molar-refractivity contribution is 7.88. The molecule has 0 N–H and O–H groups in total. The molecule has 1 aromatic rings. The van der Waals surface area contributed by atoms with Gasteiger partial charge in [0, 0.05) is 25.6 Å². The Labute approximate surface area is 152 Å². The van der Waals surface area contributed by atoms with E-state index in [-0.39, 0.29) is 23.9 Å². The molecule has 0 radical (unpaired) electrons. The van der Waals surface area contributed by atoms with Crippen molar-refractivity contribution in [3.8, 4) is 6.01 Å². The molecule has 1 aromatic heterocycles. The maximum absolute atomic E-state index is 12.9. The maximum Gasteiger partial charge on any atom is 0.316 e. The summed E-state index contributed by atoms with van der Waals surface area (Å²) in [6.07, 6.45) is 5.71. The molecule has 2 aliphatic rings. The van der Waals surface area contributed by atoms with Gasteiger partial charge in [-0.05, 0) is 25.7 Å². The first-order chi connectivity index (χ1) is 12.3. The average molecular weight is 386 g/mol. The highest BCUT2D eigenvalue weighted by Gasteiger charge is 2.33. The number of carbonyl (C=O) groups excluding carboxylic acids is 1. The van der Waals surface area contributed by atoms with Gasteiger partial charge in [0.05, 0.1) is 25.2 Å². The summed E-state index contributed by atoms with van der Waals surface area (Å²) in [5, 5.41) is 0. The molecular formula is C16H23FN4O4S. The molecule has 144 valence electrons. The second-order valence-corrected chi connectivity index (χ2v) is 8.77. The average Bonchev–Trinajstić information content (AvgIpc) is 2.63. The predicted molar refractivity (Wildman–Crippen MR) is 91.4 cm³/mol. The second kappa shape index (κ2) is 7.83. The van der Waals surface area contributed by atoms with Gasteiger partial charge >= 0.3 is 6.01 Å². The first kappa shape index (κ1) is 19.0. The van der Waals surface area contributed by atoms with E-state index in [0.717, 1.165) is 25.2 Å². The van der Waals surface area contributed by atoms with E-state index >= 15 is 0 Å². The van der Waals surface area contributed by atoms with E-state index in [0.29, 0.717) is 39.0 Å². The van der Waals surface area contributed by atoms with Gasteiger partial charge in [-0.1, -0.05) is 0 Å². The maximum atomic E-state index is 12.9. The van der Waals surface area contributed by atoms with E-state index < -0.39 is 15.8 Å². The highest BCUT2D eigenvalue weighted by atomic mass is 32.2. The van der Waals surface area contributed by atoms with Crippen LogP contribution in [0, 0.1) is 11.7 Å². The number of sulfonamides is 1. The summed E-state index contributed by atoms with van der Waals surface area (Å²) in [7, 11) is -3.20. The third-order valence-electron chi connectivity index (χ3n) is 4.83. The fraction of sp³-hybridized carbons (Fsp3) is 0.688. The van der Waals surface area contributed by atoms with Gasteiger partial charge in [0.15, 0.2) is 5.82 Å². The fourth-order valence-corrected chi connectivity index (χ4v) is 4.31. The Hall–Kier alpha value is -1.81. The molecule has 0 unspecified atom stereocenters. The lowest BCUT2D eigenvalue weighted by Crippen LogP contribution is -2.49. The van der Waals surface area contributed by atoms with Crippen LogP contribution < -0.4 is 4.74 Å². The van der Waals surface area contributed by atoms with E-state index in [1.807, 2.05) is 0 Å². The van der Waals surface area contributed by atoms with Gasteiger partial charge < -0.3 is 9.64 Å². The van der Waals surface area contributed by atoms with Crippen molar-refractivity contribution in [1.82, 2.24) is 19.2 Å². The van der Waals surface area contributed by atoms with Crippen molar-refractivity contribution in [1.29, 1.82) is 0 Å². The Bertz CT molecular complexity index is 735. The number of rotatable bonds is 4. The Morgan fingerprint density at radius 1 is 1.19 bits per heavy atom. The molecule has 2 aliphatic heterocycles. The second-order valence-electron chi connectivity index (χ2n) is 6.79. The number of halogens is 1. The number of likely N-dealkylation sites (tertiary alicyclic amines) is 1. The van der Waals surface area contributed by atoms with E-state index in [1.54, 1.807) is 4.90 Å². The molecule has 26 heavy (non-hydrogen) atoms. The van der Waals surface area contributed by atoms with Gasteiger partial charge in [0.2, 0.25) is 15.9 Å². The standard InChI is InChI=1S/C16H23FN4O4S/c1-26(23,24)21-7-4-12(5-8-21)15(22)20-6-2-3-14(11-20)25-16-18-9-13(17)10-19-16/h9-10,12,14H,2-8,11H2,1H3/t14-/m0/s1. The van der Waals surface area contributed by atoms with E-state index in [2.05, 4.69) is 9.97 Å². The van der Waals surface area contributed by atoms with Crippen LogP contribution in [0.2, 0.25) is 0 Å². The minimum Gasteiger partial charge on any atom is -0.458 e. The molecule has 8 nitrogen and oxygen atoms in total. The van der Waals surface area contributed by atoms with Crippen molar-refractivity contribution in [3.05, 3.63) is 18.2 Å². The topological polar surface area (TPSA) is 92.7 Å². The molecule has 2 fully saturated rings. The predicted octanol–water partition coefficient (Wildman–Crippen LogP) is 0.657. The van der Waals surface area contributed by atoms with E-state index in [1.165, 1.54) is 10.6 Å². The first-order valence-electron chi connectivity index (χ1n) is 8.71. The van der Waals surface area contributed by atoms with Crippen LogP contribution >= 0.6 is 0 Å². The van der Waals surface area contributed by atoms with Gasteiger partial charge in [-0.3, -0.25) is 4.79 Å². The van der Waals surface area contributed by atoms with Crippen LogP contribution in [-0.2, 0) is 14.8 Å². The quantitative estimate of drug-likeness (QED) is 0.755. The molecule has 0 aromatic carbocycles. The number of hydrogen-bond donors (Lipinski definition) is 0. The lowest BCUT2D eigenvalue weighted by atomic mass is 9.95. The van der Waals surface area contributed by atoms with Crippen molar-refractivity contribution in [2.45, 2.75) is 31.8 Å². The van der Waals surface area contributed by atoms with E-state index in [9.17, 15) is 17.6 Å². The molecule has 3 heterocycles. The number of carbonyl (C=O) groups is 1. The third-order valence-corrected chi connectivity index (χ3v) is 6.13. The number of amides is 1. The van der Waals surface area contributed by atoms with Crippen LogP contribution in [0.15, 0.2) is 12.4 Å². The van der Waals surface area contributed by atoms with Gasteiger partial charge in [-0.25, -0.2) is 27.1 Å². The van der Waals surface area contributed by atoms with E-state index in [4.69, 9.17) is 4.74 Å².